The standard InChI is InChI=1S/C38H44N10O5/c1-38(2,3)53-37(50)48-32-14-8-12-27(31(32)22-41-48)20-30-21-40-33-34(42-35(43-47(30)33)51-25-29-13-9-17-44(29)4)45-18-19-46(28(23-45)15-16-39)36(49)52-24-26-10-6-5-7-11-26/h5-8,10-12,14,21-22,28-29H,9,13,15,17-20,23-25H2,1-4H3/t28-,29-/m0/s1. The van der Waals surface area contributed by atoms with Crippen molar-refractivity contribution in [2.24, 2.45) is 0 Å². The van der Waals surface area contributed by atoms with Crippen LogP contribution in [0.4, 0.5) is 15.4 Å². The number of hydrogen-bond acceptors (Lipinski definition) is 12. The van der Waals surface area contributed by atoms with Gasteiger partial charge in [0.05, 0.1) is 42.1 Å². The Kier molecular flexibility index (Phi) is 10.1. The number of nitrogens with zero attached hydrogens (tertiary/aromatic N) is 10. The van der Waals surface area contributed by atoms with E-state index in [0.29, 0.717) is 49.6 Å². The summed E-state index contributed by atoms with van der Waals surface area (Å²) < 4.78 is 20.5. The first-order valence-corrected chi connectivity index (χ1v) is 17.9. The van der Waals surface area contributed by atoms with Crippen LogP contribution in [0.5, 0.6) is 6.01 Å². The quantitative estimate of drug-likeness (QED) is 0.200. The van der Waals surface area contributed by atoms with E-state index in [1.165, 1.54) is 4.68 Å². The van der Waals surface area contributed by atoms with Gasteiger partial charge in [0.1, 0.15) is 18.8 Å². The van der Waals surface area contributed by atoms with Gasteiger partial charge in [-0.2, -0.15) is 20.0 Å². The molecule has 53 heavy (non-hydrogen) atoms. The van der Waals surface area contributed by atoms with Crippen LogP contribution in [-0.4, -0.2) is 109 Å². The van der Waals surface area contributed by atoms with E-state index in [1.807, 2.05) is 74.2 Å². The molecule has 2 saturated heterocycles. The van der Waals surface area contributed by atoms with E-state index in [4.69, 9.17) is 29.3 Å². The Balaban J connectivity index is 1.18. The number of likely N-dealkylation sites (tertiary alicyclic amines) is 1. The number of benzene rings is 2. The molecule has 0 aliphatic carbocycles. The normalized spacial score (nSPS) is 18.0. The summed E-state index contributed by atoms with van der Waals surface area (Å²) in [5.41, 5.74) is 3.08. The SMILES string of the molecule is CN1CCC[C@H]1COc1nc(N2CCN(C(=O)OCc3ccccc3)[C@@H](CC#N)C2)c2ncc(Cc3cccc4c3cnn4C(=O)OC(C)(C)C)n2n1. The second-order valence-electron chi connectivity index (χ2n) is 14.5. The van der Waals surface area contributed by atoms with Crippen molar-refractivity contribution in [3.05, 3.63) is 77.7 Å². The molecule has 2 aliphatic heterocycles. The molecule has 3 aromatic heterocycles. The third-order valence-electron chi connectivity index (χ3n) is 9.66. The van der Waals surface area contributed by atoms with Crippen LogP contribution in [0.3, 0.4) is 0 Å². The number of rotatable bonds is 9. The lowest BCUT2D eigenvalue weighted by Gasteiger charge is -2.40. The number of carbonyl (C=O) groups excluding carboxylic acids is 2. The maximum atomic E-state index is 13.3. The summed E-state index contributed by atoms with van der Waals surface area (Å²) in [4.78, 5) is 41.8. The van der Waals surface area contributed by atoms with Gasteiger partial charge in [0.15, 0.2) is 11.5 Å². The van der Waals surface area contributed by atoms with Crippen LogP contribution in [0.2, 0.25) is 0 Å². The summed E-state index contributed by atoms with van der Waals surface area (Å²) in [5.74, 6) is 0.553. The molecule has 1 amide bonds. The van der Waals surface area contributed by atoms with Crippen LogP contribution < -0.4 is 9.64 Å². The number of amides is 1. The second kappa shape index (κ2) is 15.1. The molecule has 2 aromatic carbocycles. The number of hydrogen-bond donors (Lipinski definition) is 0. The number of carbonyl (C=O) groups is 2. The molecular formula is C38H44N10O5. The number of fused-ring (bicyclic) bond motifs is 2. The van der Waals surface area contributed by atoms with E-state index in [-0.39, 0.29) is 25.1 Å². The van der Waals surface area contributed by atoms with E-state index in [1.54, 1.807) is 21.8 Å². The molecule has 0 N–H and O–H groups in total. The maximum Gasteiger partial charge on any atom is 0.435 e. The first kappa shape index (κ1) is 35.6. The second-order valence-corrected chi connectivity index (χ2v) is 14.5. The molecule has 0 bridgehead atoms. The van der Waals surface area contributed by atoms with Crippen molar-refractivity contribution in [3.63, 3.8) is 0 Å². The maximum absolute atomic E-state index is 13.3. The summed E-state index contributed by atoms with van der Waals surface area (Å²) >= 11 is 0. The van der Waals surface area contributed by atoms with E-state index in [0.717, 1.165) is 41.6 Å². The molecule has 7 rings (SSSR count). The van der Waals surface area contributed by atoms with Gasteiger partial charge in [-0.3, -0.25) is 0 Å². The predicted octanol–water partition coefficient (Wildman–Crippen LogP) is 5.06. The molecule has 15 heteroatoms. The Morgan fingerprint density at radius 3 is 2.58 bits per heavy atom. The number of ether oxygens (including phenoxy) is 3. The zero-order chi connectivity index (χ0) is 37.1. The van der Waals surface area contributed by atoms with E-state index in [2.05, 4.69) is 23.1 Å². The molecule has 0 unspecified atom stereocenters. The number of piperazine rings is 1. The third kappa shape index (κ3) is 7.87. The molecule has 0 saturated carbocycles. The number of imidazole rings is 1. The lowest BCUT2D eigenvalue weighted by Crippen LogP contribution is -2.55. The molecule has 0 spiro atoms. The predicted molar refractivity (Wildman–Crippen MR) is 196 cm³/mol. The van der Waals surface area contributed by atoms with Crippen molar-refractivity contribution in [1.29, 1.82) is 5.26 Å². The van der Waals surface area contributed by atoms with Gasteiger partial charge in [0, 0.05) is 37.5 Å². The fourth-order valence-electron chi connectivity index (χ4n) is 6.93. The summed E-state index contributed by atoms with van der Waals surface area (Å²) in [7, 11) is 2.09. The van der Waals surface area contributed by atoms with Crippen LogP contribution in [0.25, 0.3) is 16.6 Å². The molecule has 0 radical (unpaired) electrons. The Bertz CT molecular complexity index is 2140. The summed E-state index contributed by atoms with van der Waals surface area (Å²) in [6.07, 6.45) is 5.11. The molecule has 5 aromatic rings. The third-order valence-corrected chi connectivity index (χ3v) is 9.66. The molecule has 2 aliphatic rings. The van der Waals surface area contributed by atoms with Gasteiger partial charge in [-0.05, 0) is 64.4 Å². The van der Waals surface area contributed by atoms with Crippen LogP contribution in [0.1, 0.15) is 56.9 Å². The zero-order valence-electron chi connectivity index (χ0n) is 30.5. The highest BCUT2D eigenvalue weighted by molar-refractivity contribution is 5.90. The fourth-order valence-corrected chi connectivity index (χ4v) is 6.93. The highest BCUT2D eigenvalue weighted by Crippen LogP contribution is 2.28. The Labute approximate surface area is 307 Å². The van der Waals surface area contributed by atoms with Crippen LogP contribution in [0.15, 0.2) is 60.9 Å². The lowest BCUT2D eigenvalue weighted by atomic mass is 10.1. The number of nitriles is 1. The van der Waals surface area contributed by atoms with Gasteiger partial charge < -0.3 is 28.9 Å². The van der Waals surface area contributed by atoms with Crippen molar-refractivity contribution in [1.82, 2.24) is 39.2 Å². The number of aromatic nitrogens is 6. The summed E-state index contributed by atoms with van der Waals surface area (Å²) in [5, 5.41) is 19.7. The molecule has 15 nitrogen and oxygen atoms in total. The van der Waals surface area contributed by atoms with Gasteiger partial charge in [0.25, 0.3) is 0 Å². The molecule has 5 heterocycles. The molecule has 276 valence electrons. The fraction of sp³-hybridized carbons (Fsp3) is 0.447. The Morgan fingerprint density at radius 1 is 1.00 bits per heavy atom. The van der Waals surface area contributed by atoms with Crippen molar-refractivity contribution in [2.75, 3.05) is 44.7 Å². The average Bonchev–Trinajstić information content (AvgIpc) is 3.88. The summed E-state index contributed by atoms with van der Waals surface area (Å²) in [6, 6.07) is 17.5. The Morgan fingerprint density at radius 2 is 1.83 bits per heavy atom. The minimum Gasteiger partial charge on any atom is -0.461 e. The van der Waals surface area contributed by atoms with Crippen molar-refractivity contribution in [2.45, 2.75) is 70.7 Å². The summed E-state index contributed by atoms with van der Waals surface area (Å²) in [6.45, 7) is 8.16. The average molecular weight is 721 g/mol. The van der Waals surface area contributed by atoms with Gasteiger partial charge in [-0.1, -0.05) is 42.5 Å². The lowest BCUT2D eigenvalue weighted by molar-refractivity contribution is 0.0522. The molecular weight excluding hydrogens is 676 g/mol. The van der Waals surface area contributed by atoms with Crippen LogP contribution in [-0.2, 0) is 22.5 Å². The zero-order valence-corrected chi connectivity index (χ0v) is 30.5. The van der Waals surface area contributed by atoms with Crippen molar-refractivity contribution in [3.8, 4) is 12.1 Å². The van der Waals surface area contributed by atoms with Gasteiger partial charge in [-0.15, -0.1) is 5.10 Å². The topological polar surface area (TPSA) is 156 Å². The van der Waals surface area contributed by atoms with E-state index >= 15 is 0 Å². The van der Waals surface area contributed by atoms with Gasteiger partial charge in [-0.25, -0.2) is 19.1 Å². The number of anilines is 1. The first-order valence-electron chi connectivity index (χ1n) is 17.9. The van der Waals surface area contributed by atoms with Gasteiger partial charge >= 0.3 is 18.2 Å². The number of likely N-dealkylation sites (N-methyl/N-ethyl adjacent to an activating group) is 1. The Hall–Kier alpha value is -5.75. The minimum atomic E-state index is -0.666. The highest BCUT2D eigenvalue weighted by Gasteiger charge is 2.34. The van der Waals surface area contributed by atoms with Crippen molar-refractivity contribution >= 4 is 34.6 Å². The highest BCUT2D eigenvalue weighted by atomic mass is 16.6. The van der Waals surface area contributed by atoms with Crippen LogP contribution in [0, 0.1) is 11.3 Å². The minimum absolute atomic E-state index is 0.121. The van der Waals surface area contributed by atoms with Crippen LogP contribution >= 0.6 is 0 Å². The van der Waals surface area contributed by atoms with Gasteiger partial charge in [0.2, 0.25) is 0 Å². The largest absolute Gasteiger partial charge is 0.461 e. The monoisotopic (exact) mass is 720 g/mol. The first-order chi connectivity index (χ1) is 25.6. The molecule has 2 fully saturated rings. The van der Waals surface area contributed by atoms with E-state index in [9.17, 15) is 14.9 Å². The smallest absolute Gasteiger partial charge is 0.435 e. The van der Waals surface area contributed by atoms with Crippen molar-refractivity contribution < 1.29 is 23.8 Å². The molecule has 2 atom stereocenters. The van der Waals surface area contributed by atoms with E-state index < -0.39 is 23.8 Å².